The van der Waals surface area contributed by atoms with Gasteiger partial charge in [0.15, 0.2) is 0 Å². The van der Waals surface area contributed by atoms with Gasteiger partial charge in [-0.15, -0.1) is 0 Å². The van der Waals surface area contributed by atoms with Gasteiger partial charge in [0.25, 0.3) is 0 Å². The highest BCUT2D eigenvalue weighted by Crippen LogP contribution is 2.44. The summed E-state index contributed by atoms with van der Waals surface area (Å²) in [5.41, 5.74) is -0.468. The molecule has 0 aliphatic heterocycles. The minimum absolute atomic E-state index is 0.304. The number of thioether (sulfide) groups is 1. The topological polar surface area (TPSA) is 75.6 Å². The minimum Gasteiger partial charge on any atom is -0.481 e. The first-order chi connectivity index (χ1) is 9.05. The first-order valence-electron chi connectivity index (χ1n) is 6.23. The van der Waals surface area contributed by atoms with E-state index in [9.17, 15) is 14.7 Å². The third-order valence-electron chi connectivity index (χ3n) is 3.64. The van der Waals surface area contributed by atoms with Crippen LogP contribution in [0.4, 0.5) is 0 Å². The van der Waals surface area contributed by atoms with E-state index in [4.69, 9.17) is 0 Å². The first kappa shape index (κ1) is 17.2. The first-order valence-corrected chi connectivity index (χ1v) is 8.44. The number of hydrogen-bond acceptors (Lipinski definition) is 5. The summed E-state index contributed by atoms with van der Waals surface area (Å²) in [5.74, 6) is 0.671. The van der Waals surface area contributed by atoms with E-state index in [0.29, 0.717) is 6.42 Å². The van der Waals surface area contributed by atoms with E-state index in [-0.39, 0.29) is 12.0 Å². The monoisotopic (exact) mass is 325 g/mol. The van der Waals surface area contributed by atoms with Crippen molar-refractivity contribution in [3.8, 4) is 0 Å². The lowest BCUT2D eigenvalue weighted by molar-refractivity contribution is -0.154. The van der Waals surface area contributed by atoms with E-state index in [1.165, 1.54) is 0 Å². The van der Waals surface area contributed by atoms with Crippen molar-refractivity contribution in [2.45, 2.75) is 38.1 Å². The van der Waals surface area contributed by atoms with Crippen LogP contribution in [0.25, 0.3) is 0 Å². The van der Waals surface area contributed by atoms with Crippen molar-refractivity contribution in [3.63, 3.8) is 0 Å². The van der Waals surface area contributed by atoms with Crippen LogP contribution >= 0.6 is 30.6 Å². The molecule has 3 unspecified atom stereocenters. The maximum Gasteiger partial charge on any atom is 0.325 e. The summed E-state index contributed by atoms with van der Waals surface area (Å²) in [4.78, 5) is 22.5. The molecule has 0 bridgehead atoms. The fourth-order valence-electron chi connectivity index (χ4n) is 2.10. The predicted molar refractivity (Wildman–Crippen MR) is 82.9 cm³/mol. The molecule has 0 amide bonds. The van der Waals surface area contributed by atoms with Crippen LogP contribution in [-0.2, 0) is 14.1 Å². The Labute approximate surface area is 122 Å². The second-order valence-corrected chi connectivity index (χ2v) is 6.54. The second-order valence-electron chi connectivity index (χ2n) is 4.75. The molecule has 0 aromatic heterocycles. The van der Waals surface area contributed by atoms with E-state index >= 15 is 0 Å². The number of rotatable bonds is 9. The fourth-order valence-corrected chi connectivity index (χ4v) is 3.71. The SMILES string of the molecule is O=C(OP)C(CCSCCC1(C(=O)O)CCC1)NP. The van der Waals surface area contributed by atoms with Gasteiger partial charge in [-0.3, -0.25) is 14.7 Å². The van der Waals surface area contributed by atoms with Gasteiger partial charge < -0.3 is 9.63 Å². The van der Waals surface area contributed by atoms with E-state index in [1.807, 2.05) is 9.47 Å². The van der Waals surface area contributed by atoms with E-state index in [2.05, 4.69) is 19.0 Å². The molecule has 0 radical (unpaired) electrons. The second kappa shape index (κ2) is 8.41. The molecule has 0 spiro atoms. The summed E-state index contributed by atoms with van der Waals surface area (Å²) < 4.78 is 4.59. The van der Waals surface area contributed by atoms with Crippen molar-refractivity contribution >= 4 is 42.6 Å². The maximum atomic E-state index is 11.3. The Balaban J connectivity index is 2.17. The van der Waals surface area contributed by atoms with Gasteiger partial charge in [-0.2, -0.15) is 11.8 Å². The van der Waals surface area contributed by atoms with Gasteiger partial charge >= 0.3 is 11.9 Å². The molecule has 1 rings (SSSR count). The summed E-state index contributed by atoms with van der Waals surface area (Å²) in [6.45, 7) is 0. The standard InChI is InChI=1S/C11H21NO4P2S/c13-9(16-18)8(12-17)2-6-19-7-5-11(10(14)15)3-1-4-11/h8,12H,1-7,17-18H2,(H,14,15). The Morgan fingerprint density at radius 1 is 1.42 bits per heavy atom. The quantitative estimate of drug-likeness (QED) is 0.498. The van der Waals surface area contributed by atoms with Gasteiger partial charge in [0.1, 0.15) is 6.04 Å². The van der Waals surface area contributed by atoms with Crippen LogP contribution in [0.3, 0.4) is 0 Å². The minimum atomic E-state index is -0.657. The van der Waals surface area contributed by atoms with Crippen LogP contribution in [0, 0.1) is 5.41 Å². The lowest BCUT2D eigenvalue weighted by atomic mass is 9.67. The molecule has 1 fully saturated rings. The van der Waals surface area contributed by atoms with Crippen molar-refractivity contribution < 1.29 is 19.2 Å². The fraction of sp³-hybridized carbons (Fsp3) is 0.818. The molecule has 1 saturated carbocycles. The highest BCUT2D eigenvalue weighted by Gasteiger charge is 2.43. The predicted octanol–water partition coefficient (Wildman–Crippen LogP) is 1.84. The molecule has 19 heavy (non-hydrogen) atoms. The molecule has 8 heteroatoms. The lowest BCUT2D eigenvalue weighted by Gasteiger charge is -2.37. The molecule has 0 aromatic rings. The molecule has 2 N–H and O–H groups in total. The van der Waals surface area contributed by atoms with Gasteiger partial charge in [0.2, 0.25) is 0 Å². The summed E-state index contributed by atoms with van der Waals surface area (Å²) in [6, 6.07) is -0.327. The van der Waals surface area contributed by atoms with Crippen LogP contribution < -0.4 is 5.09 Å². The van der Waals surface area contributed by atoms with Gasteiger partial charge in [0, 0.05) is 0 Å². The average molecular weight is 325 g/mol. The lowest BCUT2D eigenvalue weighted by Crippen LogP contribution is -2.38. The molecule has 0 saturated heterocycles. The van der Waals surface area contributed by atoms with Gasteiger partial charge in [0.05, 0.1) is 14.9 Å². The summed E-state index contributed by atoms with van der Waals surface area (Å²) in [5, 5.41) is 12.0. The number of carbonyl (C=O) groups is 2. The Morgan fingerprint density at radius 3 is 2.53 bits per heavy atom. The van der Waals surface area contributed by atoms with Crippen LogP contribution in [0.5, 0.6) is 0 Å². The third-order valence-corrected chi connectivity index (χ3v) is 5.29. The molecule has 1 aliphatic carbocycles. The van der Waals surface area contributed by atoms with Crippen molar-refractivity contribution in [1.82, 2.24) is 5.09 Å². The number of nitrogens with one attached hydrogen (secondary N) is 1. The van der Waals surface area contributed by atoms with Crippen molar-refractivity contribution in [3.05, 3.63) is 0 Å². The zero-order chi connectivity index (χ0) is 14.3. The van der Waals surface area contributed by atoms with Gasteiger partial charge in [-0.1, -0.05) is 15.8 Å². The van der Waals surface area contributed by atoms with E-state index < -0.39 is 11.4 Å². The average Bonchev–Trinajstić information content (AvgIpc) is 2.34. The number of aliphatic carboxylic acids is 1. The normalized spacial score (nSPS) is 18.4. The number of carbonyl (C=O) groups excluding carboxylic acids is 1. The number of hydrogen-bond donors (Lipinski definition) is 2. The van der Waals surface area contributed by atoms with Gasteiger partial charge in [-0.05, 0) is 37.2 Å². The Kier molecular flexibility index (Phi) is 7.60. The smallest absolute Gasteiger partial charge is 0.325 e. The van der Waals surface area contributed by atoms with Crippen LogP contribution in [-0.4, -0.2) is 34.6 Å². The van der Waals surface area contributed by atoms with Crippen LogP contribution in [0.2, 0.25) is 0 Å². The molecule has 1 aliphatic rings. The summed E-state index contributed by atoms with van der Waals surface area (Å²) in [7, 11) is 4.26. The van der Waals surface area contributed by atoms with Gasteiger partial charge in [-0.25, -0.2) is 0 Å². The molecular weight excluding hydrogens is 304 g/mol. The largest absolute Gasteiger partial charge is 0.481 e. The molecule has 110 valence electrons. The Morgan fingerprint density at radius 2 is 2.11 bits per heavy atom. The molecule has 3 atom stereocenters. The molecule has 0 aromatic carbocycles. The third kappa shape index (κ3) is 4.86. The maximum absolute atomic E-state index is 11.3. The molecule has 0 heterocycles. The van der Waals surface area contributed by atoms with Crippen LogP contribution in [0.15, 0.2) is 0 Å². The van der Waals surface area contributed by atoms with Crippen molar-refractivity contribution in [2.24, 2.45) is 5.41 Å². The van der Waals surface area contributed by atoms with Crippen molar-refractivity contribution in [2.75, 3.05) is 11.5 Å². The highest BCUT2D eigenvalue weighted by molar-refractivity contribution is 7.99. The Hall–Kier alpha value is 0.110. The number of carboxylic acids is 1. The molecular formula is C11H21NO4P2S. The zero-order valence-electron chi connectivity index (χ0n) is 10.8. The number of carboxylic acid groups (broad SMARTS) is 1. The Bertz CT molecular complexity index is 326. The summed E-state index contributed by atoms with van der Waals surface area (Å²) >= 11 is 1.69. The van der Waals surface area contributed by atoms with E-state index in [0.717, 1.165) is 37.2 Å². The van der Waals surface area contributed by atoms with E-state index in [1.54, 1.807) is 11.8 Å². The van der Waals surface area contributed by atoms with Crippen molar-refractivity contribution in [1.29, 1.82) is 0 Å². The zero-order valence-corrected chi connectivity index (χ0v) is 13.9. The van der Waals surface area contributed by atoms with Crippen LogP contribution in [0.1, 0.15) is 32.1 Å². The highest BCUT2D eigenvalue weighted by atomic mass is 32.2. The molecule has 5 nitrogen and oxygen atoms in total. The summed E-state index contributed by atoms with van der Waals surface area (Å²) in [6.07, 6.45) is 4.02.